The van der Waals surface area contributed by atoms with E-state index >= 15 is 0 Å². The molecule has 0 aliphatic carbocycles. The minimum Gasteiger partial charge on any atom is -0.462 e. The molecule has 3 unspecified atom stereocenters. The third-order valence-corrected chi connectivity index (χ3v) is 16.9. The van der Waals surface area contributed by atoms with Crippen LogP contribution in [-0.4, -0.2) is 96.7 Å². The van der Waals surface area contributed by atoms with E-state index in [-0.39, 0.29) is 25.7 Å². The number of carbonyl (C=O) groups excluding carboxylic acids is 4. The first-order valence-electron chi connectivity index (χ1n) is 33.4. The van der Waals surface area contributed by atoms with Gasteiger partial charge in [-0.25, -0.2) is 9.13 Å². The Labute approximate surface area is 505 Å². The largest absolute Gasteiger partial charge is 0.472 e. The lowest BCUT2D eigenvalue weighted by atomic mass is 9.99. The van der Waals surface area contributed by atoms with Gasteiger partial charge in [-0.15, -0.1) is 0 Å². The molecule has 0 amide bonds. The maximum absolute atomic E-state index is 13.0. The highest BCUT2D eigenvalue weighted by molar-refractivity contribution is 7.47. The van der Waals surface area contributed by atoms with Crippen molar-refractivity contribution in [2.45, 2.75) is 330 Å². The zero-order chi connectivity index (χ0) is 61.7. The zero-order valence-corrected chi connectivity index (χ0v) is 55.4. The molecule has 0 aromatic heterocycles. The first-order chi connectivity index (χ1) is 39.8. The van der Waals surface area contributed by atoms with Crippen LogP contribution in [0, 0.1) is 17.8 Å². The molecule has 0 radical (unpaired) electrons. The molecular weight excluding hydrogens is 1100 g/mol. The van der Waals surface area contributed by atoms with Crippen molar-refractivity contribution in [1.29, 1.82) is 0 Å². The molecule has 0 heterocycles. The molecule has 0 bridgehead atoms. The molecule has 0 saturated carbocycles. The number of hydrogen-bond donors (Lipinski definition) is 3. The molecule has 0 saturated heterocycles. The van der Waals surface area contributed by atoms with Crippen LogP contribution < -0.4 is 0 Å². The van der Waals surface area contributed by atoms with Crippen molar-refractivity contribution in [3.8, 4) is 0 Å². The second-order valence-corrected chi connectivity index (χ2v) is 27.3. The van der Waals surface area contributed by atoms with E-state index in [1.54, 1.807) is 0 Å². The predicted octanol–water partition coefficient (Wildman–Crippen LogP) is 17.5. The van der Waals surface area contributed by atoms with Gasteiger partial charge in [0.2, 0.25) is 0 Å². The maximum Gasteiger partial charge on any atom is 0.472 e. The molecule has 0 aliphatic heterocycles. The van der Waals surface area contributed by atoms with Crippen molar-refractivity contribution in [2.75, 3.05) is 39.6 Å². The van der Waals surface area contributed by atoms with Crippen molar-refractivity contribution < 1.29 is 80.2 Å². The monoisotopic (exact) mass is 1230 g/mol. The summed E-state index contributed by atoms with van der Waals surface area (Å²) in [4.78, 5) is 72.2. The molecule has 17 nitrogen and oxygen atoms in total. The molecule has 0 aromatic rings. The number of esters is 4. The standard InChI is InChI=1S/C64H124O17P2/c1-8-10-11-12-13-14-15-16-24-31-38-45-61(66)74-51-59(80-63(68)47-40-33-25-18-17-23-30-37-44-57(7)9-2)53-78-82(70,71)76-49-58(65)50-77-83(72,73)79-54-60(81-64(69)48-41-34-27-20-22-29-36-43-56(5)6)52-75-62(67)46-39-32-26-19-21-28-35-42-55(3)4/h55-60,65H,8-54H2,1-7H3,(H,70,71)(H,72,73)/t57?,58-,59-,60-/m1/s1. The van der Waals surface area contributed by atoms with Gasteiger partial charge in [-0.3, -0.25) is 37.3 Å². The van der Waals surface area contributed by atoms with Crippen LogP contribution in [0.5, 0.6) is 0 Å². The molecule has 0 fully saturated rings. The molecule has 83 heavy (non-hydrogen) atoms. The first kappa shape index (κ1) is 81.1. The fraction of sp³-hybridized carbons (Fsp3) is 0.938. The van der Waals surface area contributed by atoms with E-state index in [2.05, 4.69) is 48.5 Å². The van der Waals surface area contributed by atoms with Crippen molar-refractivity contribution >= 4 is 39.5 Å². The number of ether oxygens (including phenoxy) is 4. The molecule has 0 aliphatic rings. The van der Waals surface area contributed by atoms with Crippen LogP contribution in [-0.2, 0) is 65.4 Å². The highest BCUT2D eigenvalue weighted by Gasteiger charge is 2.30. The van der Waals surface area contributed by atoms with Gasteiger partial charge in [0, 0.05) is 25.7 Å². The third-order valence-electron chi connectivity index (χ3n) is 15.0. The van der Waals surface area contributed by atoms with E-state index in [0.717, 1.165) is 102 Å². The van der Waals surface area contributed by atoms with Crippen molar-refractivity contribution in [3.05, 3.63) is 0 Å². The zero-order valence-electron chi connectivity index (χ0n) is 53.6. The average molecular weight is 1230 g/mol. The van der Waals surface area contributed by atoms with Crippen LogP contribution in [0.15, 0.2) is 0 Å². The number of hydrogen-bond acceptors (Lipinski definition) is 15. The Bertz CT molecular complexity index is 1650. The summed E-state index contributed by atoms with van der Waals surface area (Å²) in [6.07, 6.45) is 36.3. The van der Waals surface area contributed by atoms with Gasteiger partial charge in [0.1, 0.15) is 19.3 Å². The highest BCUT2D eigenvalue weighted by atomic mass is 31.2. The Hall–Kier alpha value is -1.94. The van der Waals surface area contributed by atoms with Gasteiger partial charge in [-0.1, -0.05) is 260 Å². The number of carbonyl (C=O) groups is 4. The Kier molecular flexibility index (Phi) is 54.1. The summed E-state index contributed by atoms with van der Waals surface area (Å²) >= 11 is 0. The lowest BCUT2D eigenvalue weighted by Crippen LogP contribution is -2.30. The second-order valence-electron chi connectivity index (χ2n) is 24.3. The fourth-order valence-corrected chi connectivity index (χ4v) is 11.0. The van der Waals surface area contributed by atoms with Gasteiger partial charge < -0.3 is 33.8 Å². The normalized spacial score (nSPS) is 14.7. The molecule has 19 heteroatoms. The highest BCUT2D eigenvalue weighted by Crippen LogP contribution is 2.45. The number of rotatable bonds is 62. The number of aliphatic hydroxyl groups excluding tert-OH is 1. The number of aliphatic hydroxyl groups is 1. The number of phosphoric ester groups is 2. The fourth-order valence-electron chi connectivity index (χ4n) is 9.45. The van der Waals surface area contributed by atoms with E-state index in [1.807, 2.05) is 0 Å². The minimum atomic E-state index is -4.94. The van der Waals surface area contributed by atoms with Gasteiger partial charge >= 0.3 is 39.5 Å². The number of phosphoric acid groups is 2. The predicted molar refractivity (Wildman–Crippen MR) is 331 cm³/mol. The Balaban J connectivity index is 5.26. The molecule has 6 atom stereocenters. The topological polar surface area (TPSA) is 237 Å². The van der Waals surface area contributed by atoms with E-state index in [4.69, 9.17) is 37.0 Å². The van der Waals surface area contributed by atoms with Gasteiger partial charge in [-0.2, -0.15) is 0 Å². The van der Waals surface area contributed by atoms with Gasteiger partial charge in [0.25, 0.3) is 0 Å². The summed E-state index contributed by atoms with van der Waals surface area (Å²) in [6, 6.07) is 0. The van der Waals surface area contributed by atoms with E-state index in [9.17, 15) is 43.2 Å². The van der Waals surface area contributed by atoms with Crippen LogP contribution in [0.2, 0.25) is 0 Å². The summed E-state index contributed by atoms with van der Waals surface area (Å²) in [7, 11) is -9.89. The average Bonchev–Trinajstić information content (AvgIpc) is 3.44. The van der Waals surface area contributed by atoms with Crippen LogP contribution in [0.4, 0.5) is 0 Å². The van der Waals surface area contributed by atoms with Crippen LogP contribution in [0.3, 0.4) is 0 Å². The molecular formula is C64H124O17P2. The lowest BCUT2D eigenvalue weighted by molar-refractivity contribution is -0.161. The van der Waals surface area contributed by atoms with E-state index in [1.165, 1.54) is 116 Å². The van der Waals surface area contributed by atoms with E-state index < -0.39 is 97.5 Å². The minimum absolute atomic E-state index is 0.102. The summed E-state index contributed by atoms with van der Waals surface area (Å²) in [6.45, 7) is 11.7. The summed E-state index contributed by atoms with van der Waals surface area (Å²) in [5.41, 5.74) is 0. The molecule has 0 aromatic carbocycles. The lowest BCUT2D eigenvalue weighted by Gasteiger charge is -2.21. The smallest absolute Gasteiger partial charge is 0.462 e. The third kappa shape index (κ3) is 57.6. The molecule has 492 valence electrons. The molecule has 0 spiro atoms. The first-order valence-corrected chi connectivity index (χ1v) is 36.4. The van der Waals surface area contributed by atoms with E-state index in [0.29, 0.717) is 37.5 Å². The van der Waals surface area contributed by atoms with Crippen LogP contribution in [0.25, 0.3) is 0 Å². The molecule has 0 rings (SSSR count). The van der Waals surface area contributed by atoms with Crippen molar-refractivity contribution in [1.82, 2.24) is 0 Å². The quantitative estimate of drug-likeness (QED) is 0.0222. The Morgan fingerprint density at radius 2 is 0.614 bits per heavy atom. The Morgan fingerprint density at radius 3 is 0.916 bits per heavy atom. The van der Waals surface area contributed by atoms with Gasteiger partial charge in [-0.05, 0) is 43.4 Å². The number of unbranched alkanes of at least 4 members (excludes halogenated alkanes) is 29. The van der Waals surface area contributed by atoms with Crippen molar-refractivity contribution in [3.63, 3.8) is 0 Å². The summed E-state index contributed by atoms with van der Waals surface area (Å²) in [5.74, 6) is 0.0316. The van der Waals surface area contributed by atoms with Gasteiger partial charge in [0.15, 0.2) is 12.2 Å². The summed E-state index contributed by atoms with van der Waals surface area (Å²) in [5, 5.41) is 10.5. The molecule has 3 N–H and O–H groups in total. The van der Waals surface area contributed by atoms with Crippen LogP contribution >= 0.6 is 15.6 Å². The SMILES string of the molecule is CCCCCCCCCCCCCC(=O)OC[C@H](COP(=O)(O)OC[C@@H](O)COP(=O)(O)OC[C@@H](COC(=O)CCCCCCCCCC(C)C)OC(=O)CCCCCCCCCC(C)C)OC(=O)CCCCCCCCCCC(C)CC. The second kappa shape index (κ2) is 55.4. The Morgan fingerprint density at radius 1 is 0.349 bits per heavy atom. The van der Waals surface area contributed by atoms with Crippen molar-refractivity contribution in [2.24, 2.45) is 17.8 Å². The summed E-state index contributed by atoms with van der Waals surface area (Å²) < 4.78 is 68.0. The van der Waals surface area contributed by atoms with Crippen LogP contribution in [0.1, 0.15) is 312 Å². The maximum atomic E-state index is 13.0. The van der Waals surface area contributed by atoms with Gasteiger partial charge in [0.05, 0.1) is 26.4 Å².